The number of hydrogen-bond acceptors (Lipinski definition) is 4. The van der Waals surface area contributed by atoms with Crippen LogP contribution in [0, 0.1) is 17.5 Å². The van der Waals surface area contributed by atoms with E-state index in [2.05, 4.69) is 5.32 Å². The van der Waals surface area contributed by atoms with Crippen LogP contribution in [0.3, 0.4) is 0 Å². The highest BCUT2D eigenvalue weighted by atomic mass is 35.5. The first kappa shape index (κ1) is 17.3. The predicted molar refractivity (Wildman–Crippen MR) is 76.5 cm³/mol. The summed E-state index contributed by atoms with van der Waals surface area (Å²) in [6.45, 7) is 1.53. The third-order valence-corrected chi connectivity index (χ3v) is 3.40. The van der Waals surface area contributed by atoms with E-state index in [-0.39, 0.29) is 12.6 Å². The number of Topliss-reactive ketones (excluding diaryl/α,β-unsaturated/α-hetero) is 1. The van der Waals surface area contributed by atoms with E-state index in [0.29, 0.717) is 6.07 Å². The lowest BCUT2D eigenvalue weighted by atomic mass is 10.0. The van der Waals surface area contributed by atoms with Crippen molar-refractivity contribution in [1.29, 1.82) is 0 Å². The Morgan fingerprint density at radius 2 is 1.96 bits per heavy atom. The number of carbonyl (C=O) groups is 2. The molecule has 1 aromatic rings. The molecule has 0 radical (unpaired) electrons. The number of ketones is 1. The molecular formula is C15H13ClF3NO3. The largest absolute Gasteiger partial charge is 0.462 e. The molecule has 1 fully saturated rings. The molecule has 1 saturated carbocycles. The van der Waals surface area contributed by atoms with E-state index < -0.39 is 45.4 Å². The first-order valence-corrected chi connectivity index (χ1v) is 7.25. The van der Waals surface area contributed by atoms with Crippen LogP contribution in [0.25, 0.3) is 0 Å². The van der Waals surface area contributed by atoms with Crippen LogP contribution in [0.5, 0.6) is 0 Å². The van der Waals surface area contributed by atoms with Crippen molar-refractivity contribution in [3.05, 3.63) is 45.9 Å². The highest BCUT2D eigenvalue weighted by molar-refractivity contribution is 6.32. The lowest BCUT2D eigenvalue weighted by molar-refractivity contribution is -0.138. The Balaban J connectivity index is 2.40. The first-order valence-electron chi connectivity index (χ1n) is 6.87. The summed E-state index contributed by atoms with van der Waals surface area (Å²) in [6, 6.07) is 0.757. The SMILES string of the molecule is CCOC(=O)C(=CNC1CC1)C(=O)c1cc(Cl)c(F)c(F)c1F. The highest BCUT2D eigenvalue weighted by Gasteiger charge is 2.29. The zero-order valence-corrected chi connectivity index (χ0v) is 12.8. The van der Waals surface area contributed by atoms with Gasteiger partial charge in [-0.05, 0) is 25.8 Å². The Morgan fingerprint density at radius 3 is 2.52 bits per heavy atom. The molecule has 0 heterocycles. The number of carbonyl (C=O) groups excluding carboxylic acids is 2. The van der Waals surface area contributed by atoms with E-state index in [1.165, 1.54) is 6.92 Å². The van der Waals surface area contributed by atoms with Crippen molar-refractivity contribution in [2.75, 3.05) is 6.61 Å². The van der Waals surface area contributed by atoms with Crippen molar-refractivity contribution in [3.8, 4) is 0 Å². The molecule has 1 aromatic carbocycles. The van der Waals surface area contributed by atoms with Crippen LogP contribution in [-0.4, -0.2) is 24.4 Å². The van der Waals surface area contributed by atoms with Gasteiger partial charge in [-0.3, -0.25) is 4.79 Å². The molecule has 1 aliphatic rings. The molecule has 0 amide bonds. The smallest absolute Gasteiger partial charge is 0.343 e. The number of esters is 1. The first-order chi connectivity index (χ1) is 10.9. The van der Waals surface area contributed by atoms with Crippen LogP contribution in [0.1, 0.15) is 30.1 Å². The number of ether oxygens (including phenoxy) is 1. The molecule has 0 unspecified atom stereocenters. The van der Waals surface area contributed by atoms with E-state index in [9.17, 15) is 22.8 Å². The fourth-order valence-corrected chi connectivity index (χ4v) is 1.95. The molecule has 0 aliphatic heterocycles. The van der Waals surface area contributed by atoms with Crippen molar-refractivity contribution in [2.24, 2.45) is 0 Å². The molecule has 8 heteroatoms. The van der Waals surface area contributed by atoms with E-state index in [4.69, 9.17) is 16.3 Å². The molecule has 124 valence electrons. The van der Waals surface area contributed by atoms with Gasteiger partial charge in [0.25, 0.3) is 0 Å². The van der Waals surface area contributed by atoms with Gasteiger partial charge in [0.1, 0.15) is 5.57 Å². The highest BCUT2D eigenvalue weighted by Crippen LogP contribution is 2.26. The van der Waals surface area contributed by atoms with Crippen LogP contribution < -0.4 is 5.32 Å². The number of nitrogens with one attached hydrogen (secondary N) is 1. The summed E-state index contributed by atoms with van der Waals surface area (Å²) in [4.78, 5) is 24.2. The molecule has 2 rings (SSSR count). The molecular weight excluding hydrogens is 335 g/mol. The minimum absolute atomic E-state index is 0.00605. The molecule has 1 aliphatic carbocycles. The maximum Gasteiger partial charge on any atom is 0.343 e. The molecule has 1 N–H and O–H groups in total. The van der Waals surface area contributed by atoms with Gasteiger partial charge in [0, 0.05) is 12.2 Å². The Hall–Kier alpha value is -2.02. The van der Waals surface area contributed by atoms with Gasteiger partial charge in [0.2, 0.25) is 5.78 Å². The van der Waals surface area contributed by atoms with Crippen LogP contribution in [0.4, 0.5) is 13.2 Å². The number of halogens is 4. The summed E-state index contributed by atoms with van der Waals surface area (Å²) >= 11 is 5.43. The van der Waals surface area contributed by atoms with Gasteiger partial charge in [0.15, 0.2) is 17.5 Å². The molecule has 0 aromatic heterocycles. The average molecular weight is 348 g/mol. The Morgan fingerprint density at radius 1 is 1.30 bits per heavy atom. The third-order valence-electron chi connectivity index (χ3n) is 3.13. The monoisotopic (exact) mass is 347 g/mol. The summed E-state index contributed by atoms with van der Waals surface area (Å²) in [5, 5.41) is 2.04. The lowest BCUT2D eigenvalue weighted by Crippen LogP contribution is -2.21. The number of benzene rings is 1. The van der Waals surface area contributed by atoms with Gasteiger partial charge in [-0.25, -0.2) is 18.0 Å². The van der Waals surface area contributed by atoms with E-state index >= 15 is 0 Å². The third kappa shape index (κ3) is 3.85. The second-order valence-corrected chi connectivity index (χ2v) is 5.30. The van der Waals surface area contributed by atoms with Crippen LogP contribution >= 0.6 is 11.6 Å². The molecule has 23 heavy (non-hydrogen) atoms. The van der Waals surface area contributed by atoms with E-state index in [1.807, 2.05) is 0 Å². The van der Waals surface area contributed by atoms with Crippen molar-refractivity contribution < 1.29 is 27.5 Å². The van der Waals surface area contributed by atoms with Crippen LogP contribution in [0.15, 0.2) is 17.8 Å². The topological polar surface area (TPSA) is 55.4 Å². The number of hydrogen-bond donors (Lipinski definition) is 1. The zero-order chi connectivity index (χ0) is 17.1. The Kier molecular flexibility index (Phi) is 5.30. The average Bonchev–Trinajstić information content (AvgIpc) is 3.33. The van der Waals surface area contributed by atoms with Gasteiger partial charge >= 0.3 is 5.97 Å². The molecule has 0 bridgehead atoms. The molecule has 4 nitrogen and oxygen atoms in total. The maximum absolute atomic E-state index is 13.8. The fourth-order valence-electron chi connectivity index (χ4n) is 1.76. The van der Waals surface area contributed by atoms with Gasteiger partial charge < -0.3 is 10.1 Å². The van der Waals surface area contributed by atoms with E-state index in [1.54, 1.807) is 0 Å². The quantitative estimate of drug-likeness (QED) is 0.163. The van der Waals surface area contributed by atoms with Crippen LogP contribution in [0.2, 0.25) is 5.02 Å². The van der Waals surface area contributed by atoms with Crippen LogP contribution in [-0.2, 0) is 9.53 Å². The Labute approximate surface area is 135 Å². The maximum atomic E-state index is 13.8. The van der Waals surface area contributed by atoms with Gasteiger partial charge in [-0.1, -0.05) is 11.6 Å². The summed E-state index contributed by atoms with van der Waals surface area (Å²) in [6.07, 6.45) is 2.84. The molecule has 0 atom stereocenters. The van der Waals surface area contributed by atoms with E-state index in [0.717, 1.165) is 19.0 Å². The normalized spacial score (nSPS) is 14.6. The molecule has 0 spiro atoms. The van der Waals surface area contributed by atoms with Crippen molar-refractivity contribution in [1.82, 2.24) is 5.32 Å². The minimum atomic E-state index is -1.88. The van der Waals surface area contributed by atoms with Crippen molar-refractivity contribution in [3.63, 3.8) is 0 Å². The molecule has 0 saturated heterocycles. The zero-order valence-electron chi connectivity index (χ0n) is 12.1. The van der Waals surface area contributed by atoms with Gasteiger partial charge in [0.05, 0.1) is 17.2 Å². The number of rotatable bonds is 6. The fraction of sp³-hybridized carbons (Fsp3) is 0.333. The summed E-state index contributed by atoms with van der Waals surface area (Å²) < 4.78 is 45.2. The van der Waals surface area contributed by atoms with Gasteiger partial charge in [-0.15, -0.1) is 0 Å². The summed E-state index contributed by atoms with van der Waals surface area (Å²) in [5.74, 6) is -7.32. The minimum Gasteiger partial charge on any atom is -0.462 e. The lowest BCUT2D eigenvalue weighted by Gasteiger charge is -2.09. The summed E-state index contributed by atoms with van der Waals surface area (Å²) in [7, 11) is 0. The predicted octanol–water partition coefficient (Wildman–Crippen LogP) is 3.14. The second kappa shape index (κ2) is 7.04. The van der Waals surface area contributed by atoms with Crippen molar-refractivity contribution in [2.45, 2.75) is 25.8 Å². The second-order valence-electron chi connectivity index (χ2n) is 4.90. The van der Waals surface area contributed by atoms with Gasteiger partial charge in [-0.2, -0.15) is 0 Å². The Bertz CT molecular complexity index is 687. The summed E-state index contributed by atoms with van der Waals surface area (Å²) in [5.41, 5.74) is -1.36. The van der Waals surface area contributed by atoms with Crippen molar-refractivity contribution >= 4 is 23.4 Å². The standard InChI is InChI=1S/C15H13ClF3NO3/c1-2-23-15(22)9(6-20-7-3-4-7)14(21)8-5-10(16)12(18)13(19)11(8)17/h5-7,20H,2-4H2,1H3.